The number of rotatable bonds is 5. The van der Waals surface area contributed by atoms with E-state index in [1.807, 2.05) is 18.2 Å². The normalized spacial score (nSPS) is 10.1. The van der Waals surface area contributed by atoms with Crippen LogP contribution in [0.15, 0.2) is 29.4 Å². The Labute approximate surface area is 90.0 Å². The molecule has 1 rings (SSSR count). The third-order valence-corrected chi connectivity index (χ3v) is 1.94. The first kappa shape index (κ1) is 11.3. The van der Waals surface area contributed by atoms with Crippen molar-refractivity contribution in [1.82, 2.24) is 0 Å². The SMILES string of the molecule is CCCCON=Cc1ccccc1C#N. The molecule has 78 valence electrons. The van der Waals surface area contributed by atoms with Gasteiger partial charge in [0, 0.05) is 5.56 Å². The van der Waals surface area contributed by atoms with Gasteiger partial charge in [0.15, 0.2) is 0 Å². The summed E-state index contributed by atoms with van der Waals surface area (Å²) in [5.41, 5.74) is 1.40. The van der Waals surface area contributed by atoms with Crippen LogP contribution < -0.4 is 0 Å². The van der Waals surface area contributed by atoms with Crippen LogP contribution in [-0.4, -0.2) is 12.8 Å². The third-order valence-electron chi connectivity index (χ3n) is 1.94. The summed E-state index contributed by atoms with van der Waals surface area (Å²) < 4.78 is 0. The fourth-order valence-electron chi connectivity index (χ4n) is 1.07. The molecule has 3 nitrogen and oxygen atoms in total. The minimum Gasteiger partial charge on any atom is -0.396 e. The number of hydrogen-bond donors (Lipinski definition) is 0. The molecular weight excluding hydrogens is 188 g/mol. The Hall–Kier alpha value is -1.82. The average molecular weight is 202 g/mol. The van der Waals surface area contributed by atoms with Crippen LogP contribution in [0.25, 0.3) is 0 Å². The van der Waals surface area contributed by atoms with Crippen LogP contribution in [0.5, 0.6) is 0 Å². The van der Waals surface area contributed by atoms with E-state index in [-0.39, 0.29) is 0 Å². The molecule has 0 atom stereocenters. The maximum Gasteiger partial charge on any atom is 0.117 e. The largest absolute Gasteiger partial charge is 0.396 e. The predicted molar refractivity (Wildman–Crippen MR) is 59.6 cm³/mol. The highest BCUT2D eigenvalue weighted by Gasteiger charge is 1.96. The van der Waals surface area contributed by atoms with Gasteiger partial charge in [-0.2, -0.15) is 5.26 Å². The van der Waals surface area contributed by atoms with Gasteiger partial charge in [0.25, 0.3) is 0 Å². The van der Waals surface area contributed by atoms with Crippen molar-refractivity contribution in [3.63, 3.8) is 0 Å². The van der Waals surface area contributed by atoms with Gasteiger partial charge in [-0.1, -0.05) is 36.7 Å². The molecule has 0 aromatic heterocycles. The Kier molecular flexibility index (Phi) is 4.96. The lowest BCUT2D eigenvalue weighted by atomic mass is 10.1. The topological polar surface area (TPSA) is 45.4 Å². The standard InChI is InChI=1S/C12H14N2O/c1-2-3-8-15-14-10-12-7-5-4-6-11(12)9-13/h4-7,10H,2-3,8H2,1H3. The molecule has 0 saturated heterocycles. The number of benzene rings is 1. The quantitative estimate of drug-likeness (QED) is 0.418. The lowest BCUT2D eigenvalue weighted by molar-refractivity contribution is 0.143. The fraction of sp³-hybridized carbons (Fsp3) is 0.333. The van der Waals surface area contributed by atoms with Gasteiger partial charge in [-0.05, 0) is 12.5 Å². The summed E-state index contributed by atoms with van der Waals surface area (Å²) in [6.07, 6.45) is 3.66. The van der Waals surface area contributed by atoms with Gasteiger partial charge in [0.2, 0.25) is 0 Å². The monoisotopic (exact) mass is 202 g/mol. The molecule has 0 saturated carbocycles. The number of nitrogens with zero attached hydrogens (tertiary/aromatic N) is 2. The van der Waals surface area contributed by atoms with Crippen LogP contribution in [-0.2, 0) is 4.84 Å². The first-order valence-electron chi connectivity index (χ1n) is 5.03. The molecule has 0 aliphatic carbocycles. The molecule has 0 N–H and O–H groups in total. The third kappa shape index (κ3) is 3.82. The molecule has 15 heavy (non-hydrogen) atoms. The minimum absolute atomic E-state index is 0.611. The van der Waals surface area contributed by atoms with Crippen molar-refractivity contribution in [3.8, 4) is 6.07 Å². The van der Waals surface area contributed by atoms with Crippen molar-refractivity contribution in [3.05, 3.63) is 35.4 Å². The van der Waals surface area contributed by atoms with Crippen LogP contribution >= 0.6 is 0 Å². The zero-order valence-corrected chi connectivity index (χ0v) is 8.81. The maximum atomic E-state index is 8.81. The van der Waals surface area contributed by atoms with Crippen molar-refractivity contribution in [2.45, 2.75) is 19.8 Å². The van der Waals surface area contributed by atoms with Gasteiger partial charge < -0.3 is 4.84 Å². The zero-order chi connectivity index (χ0) is 10.9. The molecule has 0 bridgehead atoms. The van der Waals surface area contributed by atoms with Crippen LogP contribution in [0.1, 0.15) is 30.9 Å². The van der Waals surface area contributed by atoms with Crippen molar-refractivity contribution in [2.24, 2.45) is 5.16 Å². The van der Waals surface area contributed by atoms with Gasteiger partial charge in [-0.3, -0.25) is 0 Å². The van der Waals surface area contributed by atoms with E-state index >= 15 is 0 Å². The molecule has 1 aromatic carbocycles. The summed E-state index contributed by atoms with van der Waals surface area (Å²) in [4.78, 5) is 5.04. The highest BCUT2D eigenvalue weighted by atomic mass is 16.6. The average Bonchev–Trinajstić information content (AvgIpc) is 2.29. The van der Waals surface area contributed by atoms with Gasteiger partial charge in [-0.15, -0.1) is 0 Å². The Morgan fingerprint density at radius 3 is 3.00 bits per heavy atom. The summed E-state index contributed by atoms with van der Waals surface area (Å²) in [5.74, 6) is 0. The first-order chi connectivity index (χ1) is 7.38. The summed E-state index contributed by atoms with van der Waals surface area (Å²) in [5, 5.41) is 12.6. The molecule has 0 amide bonds. The van der Waals surface area contributed by atoms with Crippen molar-refractivity contribution < 1.29 is 4.84 Å². The van der Waals surface area contributed by atoms with Crippen molar-refractivity contribution in [1.29, 1.82) is 5.26 Å². The van der Waals surface area contributed by atoms with E-state index < -0.39 is 0 Å². The van der Waals surface area contributed by atoms with Crippen LogP contribution in [0.3, 0.4) is 0 Å². The van der Waals surface area contributed by atoms with E-state index in [9.17, 15) is 0 Å². The maximum absolute atomic E-state index is 8.81. The van der Waals surface area contributed by atoms with E-state index in [0.29, 0.717) is 12.2 Å². The highest BCUT2D eigenvalue weighted by molar-refractivity contribution is 5.82. The fourth-order valence-corrected chi connectivity index (χ4v) is 1.07. The van der Waals surface area contributed by atoms with Crippen molar-refractivity contribution >= 4 is 6.21 Å². The molecule has 0 fully saturated rings. The lowest BCUT2D eigenvalue weighted by Gasteiger charge is -1.97. The summed E-state index contributed by atoms with van der Waals surface area (Å²) >= 11 is 0. The number of hydrogen-bond acceptors (Lipinski definition) is 3. The lowest BCUT2D eigenvalue weighted by Crippen LogP contribution is -1.90. The van der Waals surface area contributed by atoms with Gasteiger partial charge in [0.1, 0.15) is 6.61 Å². The van der Waals surface area contributed by atoms with Crippen LogP contribution in [0.4, 0.5) is 0 Å². The number of unbranched alkanes of at least 4 members (excludes halogenated alkanes) is 1. The Morgan fingerprint density at radius 1 is 1.47 bits per heavy atom. The molecule has 3 heteroatoms. The molecule has 0 spiro atoms. The molecule has 0 unspecified atom stereocenters. The second kappa shape index (κ2) is 6.61. The minimum atomic E-state index is 0.611. The van der Waals surface area contributed by atoms with Crippen LogP contribution in [0.2, 0.25) is 0 Å². The molecular formula is C12H14N2O. The Bertz CT molecular complexity index is 366. The van der Waals surface area contributed by atoms with Crippen molar-refractivity contribution in [2.75, 3.05) is 6.61 Å². The molecule has 0 radical (unpaired) electrons. The van der Waals surface area contributed by atoms with E-state index in [4.69, 9.17) is 10.1 Å². The Morgan fingerprint density at radius 2 is 2.27 bits per heavy atom. The zero-order valence-electron chi connectivity index (χ0n) is 8.81. The summed E-state index contributed by atoms with van der Waals surface area (Å²) in [7, 11) is 0. The van der Waals surface area contributed by atoms with E-state index in [1.165, 1.54) is 0 Å². The molecule has 0 heterocycles. The molecule has 0 aliphatic heterocycles. The van der Waals surface area contributed by atoms with Gasteiger partial charge >= 0.3 is 0 Å². The predicted octanol–water partition coefficient (Wildman–Crippen LogP) is 2.71. The second-order valence-electron chi connectivity index (χ2n) is 3.12. The first-order valence-corrected chi connectivity index (χ1v) is 5.03. The van der Waals surface area contributed by atoms with Gasteiger partial charge in [-0.25, -0.2) is 0 Å². The van der Waals surface area contributed by atoms with Gasteiger partial charge in [0.05, 0.1) is 17.8 Å². The van der Waals surface area contributed by atoms with E-state index in [1.54, 1.807) is 12.3 Å². The van der Waals surface area contributed by atoms with E-state index in [0.717, 1.165) is 18.4 Å². The van der Waals surface area contributed by atoms with E-state index in [2.05, 4.69) is 18.1 Å². The number of oxime groups is 1. The summed E-state index contributed by atoms with van der Waals surface area (Å²) in [6.45, 7) is 2.72. The summed E-state index contributed by atoms with van der Waals surface area (Å²) in [6, 6.07) is 9.39. The Balaban J connectivity index is 2.53. The second-order valence-corrected chi connectivity index (χ2v) is 3.12. The smallest absolute Gasteiger partial charge is 0.117 e. The highest BCUT2D eigenvalue weighted by Crippen LogP contribution is 2.04. The molecule has 0 aliphatic rings. The van der Waals surface area contributed by atoms with Crippen LogP contribution in [0, 0.1) is 11.3 Å². The molecule has 1 aromatic rings. The number of nitriles is 1.